The van der Waals surface area contributed by atoms with Gasteiger partial charge in [0.05, 0.1) is 0 Å². The molecule has 4 nitrogen and oxygen atoms in total. The van der Waals surface area contributed by atoms with Gasteiger partial charge in [-0.2, -0.15) is 0 Å². The molecular formula is KMg2O4S+3. The van der Waals surface area contributed by atoms with Crippen molar-refractivity contribution in [3.63, 3.8) is 0 Å². The van der Waals surface area contributed by atoms with Crippen molar-refractivity contribution in [3.05, 3.63) is 0 Å². The molecule has 0 aliphatic rings. The van der Waals surface area contributed by atoms with E-state index in [2.05, 4.69) is 0 Å². The Hall–Kier alpha value is 3.04. The molecule has 0 aromatic carbocycles. The predicted molar refractivity (Wildman–Crippen MR) is 22.0 cm³/mol. The third kappa shape index (κ3) is 63.3. The summed E-state index contributed by atoms with van der Waals surface area (Å²) in [5.74, 6) is 0. The number of hydrogen-bond acceptors (Lipinski definition) is 4. The smallest absolute Gasteiger partial charge is 0.759 e. The maximum atomic E-state index is 8.52. The number of hydrogen-bond donors (Lipinski definition) is 0. The van der Waals surface area contributed by atoms with Gasteiger partial charge < -0.3 is 9.11 Å². The van der Waals surface area contributed by atoms with Crippen LogP contribution in [0, 0.1) is 0 Å². The minimum absolute atomic E-state index is 0. The average molecular weight is 184 g/mol. The fourth-order valence-electron chi connectivity index (χ4n) is 0. The fourth-order valence-corrected chi connectivity index (χ4v) is 0. The molecule has 0 saturated carbocycles. The molecule has 0 amide bonds. The van der Waals surface area contributed by atoms with Crippen molar-refractivity contribution in [2.24, 2.45) is 0 Å². The van der Waals surface area contributed by atoms with Gasteiger partial charge >= 0.3 is 97.5 Å². The van der Waals surface area contributed by atoms with Gasteiger partial charge in [-0.1, -0.05) is 0 Å². The van der Waals surface area contributed by atoms with Crippen molar-refractivity contribution in [2.75, 3.05) is 0 Å². The van der Waals surface area contributed by atoms with E-state index in [4.69, 9.17) is 17.5 Å². The zero-order chi connectivity index (χ0) is 4.50. The predicted octanol–water partition coefficient (Wildman–Crippen LogP) is -5.10. The van der Waals surface area contributed by atoms with Crippen LogP contribution in [0.4, 0.5) is 0 Å². The summed E-state index contributed by atoms with van der Waals surface area (Å²) < 4.78 is 34.1. The van der Waals surface area contributed by atoms with E-state index in [1.165, 1.54) is 0 Å². The molecule has 0 aliphatic carbocycles. The first kappa shape index (κ1) is 22.5. The van der Waals surface area contributed by atoms with Crippen molar-refractivity contribution < 1.29 is 68.9 Å². The first-order valence-corrected chi connectivity index (χ1v) is 2.00. The quantitative estimate of drug-likeness (QED) is 0.214. The summed E-state index contributed by atoms with van der Waals surface area (Å²) in [4.78, 5) is 0. The Morgan fingerprint density at radius 3 is 1.00 bits per heavy atom. The van der Waals surface area contributed by atoms with Crippen LogP contribution >= 0.6 is 0 Å². The molecule has 0 spiro atoms. The van der Waals surface area contributed by atoms with Gasteiger partial charge in [0.25, 0.3) is 0 Å². The Balaban J connectivity index is -0.0000000267. The molecule has 0 N–H and O–H groups in total. The summed E-state index contributed by atoms with van der Waals surface area (Å²) in [5.41, 5.74) is 0. The third-order valence-electron chi connectivity index (χ3n) is 0. The van der Waals surface area contributed by atoms with E-state index in [1.54, 1.807) is 0 Å². The van der Waals surface area contributed by atoms with Crippen LogP contribution in [0.1, 0.15) is 0 Å². The molecule has 0 unspecified atom stereocenters. The molecule has 0 aromatic heterocycles. The molecule has 8 heavy (non-hydrogen) atoms. The first-order valence-electron chi connectivity index (χ1n) is 0.667. The van der Waals surface area contributed by atoms with E-state index in [0.29, 0.717) is 0 Å². The Bertz CT molecular complexity index is 97.2. The van der Waals surface area contributed by atoms with Gasteiger partial charge in [0.15, 0.2) is 0 Å². The van der Waals surface area contributed by atoms with Gasteiger partial charge in [0.1, 0.15) is 0 Å². The van der Waals surface area contributed by atoms with Crippen molar-refractivity contribution in [3.8, 4) is 0 Å². The van der Waals surface area contributed by atoms with Gasteiger partial charge in [0, 0.05) is 10.4 Å². The second kappa shape index (κ2) is 10.0. The minimum Gasteiger partial charge on any atom is -0.759 e. The van der Waals surface area contributed by atoms with Crippen LogP contribution in [0.2, 0.25) is 0 Å². The Labute approximate surface area is 122 Å². The molecule has 8 heteroatoms. The summed E-state index contributed by atoms with van der Waals surface area (Å²) in [5, 5.41) is 0. The van der Waals surface area contributed by atoms with Crippen LogP contribution < -0.4 is 51.4 Å². The van der Waals surface area contributed by atoms with Crippen LogP contribution in [0.15, 0.2) is 0 Å². The van der Waals surface area contributed by atoms with E-state index >= 15 is 0 Å². The summed E-state index contributed by atoms with van der Waals surface area (Å²) in [6.07, 6.45) is 0. The summed E-state index contributed by atoms with van der Waals surface area (Å²) in [6, 6.07) is 0. The molecule has 0 aliphatic heterocycles. The maximum Gasteiger partial charge on any atom is 2.00 e. The second-order valence-corrected chi connectivity index (χ2v) is 1.22. The normalized spacial score (nSPS) is 7.25. The van der Waals surface area contributed by atoms with Crippen molar-refractivity contribution in [1.82, 2.24) is 0 Å². The monoisotopic (exact) mass is 183 g/mol. The largest absolute Gasteiger partial charge is 2.00 e. The van der Waals surface area contributed by atoms with E-state index < -0.39 is 10.4 Å². The molecule has 0 fully saturated rings. The summed E-state index contributed by atoms with van der Waals surface area (Å²) >= 11 is 0. The molecule has 0 saturated heterocycles. The van der Waals surface area contributed by atoms with E-state index in [0.717, 1.165) is 0 Å². The van der Waals surface area contributed by atoms with Crippen LogP contribution in [-0.2, 0) is 10.4 Å². The summed E-state index contributed by atoms with van der Waals surface area (Å²) in [7, 11) is -5.17. The molecular weight excluding hydrogens is 184 g/mol. The van der Waals surface area contributed by atoms with E-state index in [9.17, 15) is 0 Å². The molecule has 0 rings (SSSR count). The molecule has 0 aromatic rings. The van der Waals surface area contributed by atoms with Crippen LogP contribution in [0.5, 0.6) is 0 Å². The standard InChI is InChI=1S/K.2Mg.H2O4S/c;;;1-5(2,3)4/h;;;(H2,1,2,3,4)/q+1;2*+2;/p-2. The second-order valence-electron chi connectivity index (χ2n) is 0.408. The van der Waals surface area contributed by atoms with Gasteiger partial charge in [-0.3, -0.25) is 8.42 Å². The maximum absolute atomic E-state index is 8.52. The molecule has 0 radical (unpaired) electrons. The van der Waals surface area contributed by atoms with Crippen LogP contribution in [0.3, 0.4) is 0 Å². The SMILES string of the molecule is O=S(=O)([O-])[O-].[K+].[Mg+2].[Mg+2]. The first-order chi connectivity index (χ1) is 2.00. The van der Waals surface area contributed by atoms with Crippen molar-refractivity contribution in [1.29, 1.82) is 0 Å². The molecule has 32 valence electrons. The Morgan fingerprint density at radius 1 is 1.00 bits per heavy atom. The van der Waals surface area contributed by atoms with Crippen LogP contribution in [0.25, 0.3) is 0 Å². The molecule has 0 atom stereocenters. The minimum atomic E-state index is -5.17. The molecule has 0 bridgehead atoms. The Morgan fingerprint density at radius 2 is 1.00 bits per heavy atom. The Kier molecular flexibility index (Phi) is 28.2. The van der Waals surface area contributed by atoms with Crippen LogP contribution in [-0.4, -0.2) is 63.6 Å². The summed E-state index contributed by atoms with van der Waals surface area (Å²) in [6.45, 7) is 0. The molecule has 0 heterocycles. The van der Waals surface area contributed by atoms with Gasteiger partial charge in [-0.25, -0.2) is 0 Å². The van der Waals surface area contributed by atoms with Gasteiger partial charge in [-0.05, 0) is 0 Å². The zero-order valence-corrected chi connectivity index (χ0v) is 11.2. The zero-order valence-electron chi connectivity index (χ0n) is 4.46. The van der Waals surface area contributed by atoms with E-state index in [1.807, 2.05) is 0 Å². The van der Waals surface area contributed by atoms with Gasteiger partial charge in [0.2, 0.25) is 0 Å². The third-order valence-corrected chi connectivity index (χ3v) is 0. The van der Waals surface area contributed by atoms with Crippen molar-refractivity contribution >= 4 is 56.5 Å². The van der Waals surface area contributed by atoms with Crippen molar-refractivity contribution in [2.45, 2.75) is 0 Å². The number of rotatable bonds is 0. The van der Waals surface area contributed by atoms with Gasteiger partial charge in [-0.15, -0.1) is 0 Å². The van der Waals surface area contributed by atoms with E-state index in [-0.39, 0.29) is 97.5 Å². The average Bonchev–Trinajstić information content (AvgIpc) is 0.722. The topological polar surface area (TPSA) is 80.3 Å². The fraction of sp³-hybridized carbons (Fsp3) is 0.